The van der Waals surface area contributed by atoms with E-state index < -0.39 is 0 Å². The van der Waals surface area contributed by atoms with Crippen molar-refractivity contribution < 1.29 is 9.21 Å². The molecule has 0 unspecified atom stereocenters. The van der Waals surface area contributed by atoms with Crippen LogP contribution in [0.3, 0.4) is 0 Å². The zero-order chi connectivity index (χ0) is 24.1. The normalized spacial score (nSPS) is 18.0. The van der Waals surface area contributed by atoms with Crippen molar-refractivity contribution in [3.8, 4) is 17.4 Å². The first kappa shape index (κ1) is 21.9. The Balaban J connectivity index is 1.37. The van der Waals surface area contributed by atoms with Gasteiger partial charge in [0.25, 0.3) is 0 Å². The van der Waals surface area contributed by atoms with Crippen LogP contribution >= 0.6 is 11.3 Å². The largest absolute Gasteiger partial charge is 0.456 e. The number of nitrogens with zero attached hydrogens (tertiary/aromatic N) is 5. The molecule has 1 amide bonds. The Kier molecular flexibility index (Phi) is 5.35. The fraction of sp³-hybridized carbons (Fsp3) is 0.346. The van der Waals surface area contributed by atoms with E-state index in [1.54, 1.807) is 4.90 Å². The molecule has 1 aromatic carbocycles. The molecular formula is C26H26N6O2S. The van der Waals surface area contributed by atoms with Crippen LogP contribution in [0.5, 0.6) is 0 Å². The van der Waals surface area contributed by atoms with Gasteiger partial charge in [-0.05, 0) is 25.0 Å². The number of nitriles is 1. The summed E-state index contributed by atoms with van der Waals surface area (Å²) in [5, 5.41) is 14.0. The molecule has 4 aromatic rings. The SMILES string of the molecule is CN1CCN(C2CCN(c3nc4scc(N)c4c(-c4cc5ccccc5o4)c3C#N)CC2)CC1=O. The molecule has 2 aliphatic rings. The fourth-order valence-corrected chi connectivity index (χ4v) is 6.13. The average Bonchev–Trinajstić information content (AvgIpc) is 3.48. The van der Waals surface area contributed by atoms with E-state index in [2.05, 4.69) is 15.9 Å². The van der Waals surface area contributed by atoms with Crippen LogP contribution in [0.1, 0.15) is 18.4 Å². The molecular weight excluding hydrogens is 460 g/mol. The van der Waals surface area contributed by atoms with Crippen molar-refractivity contribution in [2.45, 2.75) is 18.9 Å². The summed E-state index contributed by atoms with van der Waals surface area (Å²) in [5.41, 5.74) is 8.94. The van der Waals surface area contributed by atoms with Gasteiger partial charge in [-0.25, -0.2) is 4.98 Å². The van der Waals surface area contributed by atoms with E-state index >= 15 is 0 Å². The van der Waals surface area contributed by atoms with Crippen molar-refractivity contribution in [1.82, 2.24) is 14.8 Å². The molecule has 6 rings (SSSR count). The fourth-order valence-electron chi connectivity index (χ4n) is 5.30. The number of aromatic nitrogens is 1. The number of amides is 1. The lowest BCUT2D eigenvalue weighted by Gasteiger charge is -2.42. The van der Waals surface area contributed by atoms with Gasteiger partial charge in [0.15, 0.2) is 0 Å². The number of piperidine rings is 1. The quantitative estimate of drug-likeness (QED) is 0.468. The Hall–Kier alpha value is -3.61. The van der Waals surface area contributed by atoms with Gasteiger partial charge >= 0.3 is 0 Å². The first-order valence-corrected chi connectivity index (χ1v) is 12.7. The van der Waals surface area contributed by atoms with Crippen molar-refractivity contribution in [3.05, 3.63) is 41.3 Å². The molecule has 8 nitrogen and oxygen atoms in total. The van der Waals surface area contributed by atoms with Gasteiger partial charge in [0.05, 0.1) is 17.8 Å². The summed E-state index contributed by atoms with van der Waals surface area (Å²) in [6.45, 7) is 3.72. The van der Waals surface area contributed by atoms with Crippen LogP contribution in [0.2, 0.25) is 0 Å². The number of likely N-dealkylation sites (N-methyl/N-ethyl adjacent to an activating group) is 1. The number of nitrogen functional groups attached to an aromatic ring is 1. The number of hydrogen-bond donors (Lipinski definition) is 1. The second kappa shape index (κ2) is 8.56. The highest BCUT2D eigenvalue weighted by Crippen LogP contribution is 2.43. The number of carbonyl (C=O) groups excluding carboxylic acids is 1. The molecule has 0 atom stereocenters. The number of anilines is 2. The van der Waals surface area contributed by atoms with Crippen molar-refractivity contribution in [1.29, 1.82) is 5.26 Å². The number of para-hydroxylation sites is 1. The van der Waals surface area contributed by atoms with Gasteiger partial charge in [-0.15, -0.1) is 11.3 Å². The smallest absolute Gasteiger partial charge is 0.236 e. The van der Waals surface area contributed by atoms with Crippen LogP contribution in [0.15, 0.2) is 40.1 Å². The third kappa shape index (κ3) is 3.70. The molecule has 2 saturated heterocycles. The summed E-state index contributed by atoms with van der Waals surface area (Å²) < 4.78 is 6.20. The van der Waals surface area contributed by atoms with Crippen LogP contribution in [0, 0.1) is 11.3 Å². The Morgan fingerprint density at radius 3 is 2.74 bits per heavy atom. The maximum atomic E-state index is 12.2. The maximum absolute atomic E-state index is 12.2. The van der Waals surface area contributed by atoms with Gasteiger partial charge in [0, 0.05) is 55.4 Å². The van der Waals surface area contributed by atoms with E-state index in [9.17, 15) is 10.1 Å². The standard InChI is InChI=1S/C26H26N6O2S/c1-30-10-11-32(14-22(30)33)17-6-8-31(9-7-17)25-18(13-27)23(24-19(28)15-35-26(24)29-25)21-12-16-4-2-3-5-20(16)34-21/h2-5,12,15,17H,6-11,14,28H2,1H3. The molecule has 0 bridgehead atoms. The highest BCUT2D eigenvalue weighted by Gasteiger charge is 2.32. The molecule has 2 N–H and O–H groups in total. The van der Waals surface area contributed by atoms with Crippen LogP contribution in [-0.4, -0.2) is 66.5 Å². The van der Waals surface area contributed by atoms with Crippen LogP contribution < -0.4 is 10.6 Å². The minimum atomic E-state index is 0.184. The summed E-state index contributed by atoms with van der Waals surface area (Å²) in [7, 11) is 1.87. The van der Waals surface area contributed by atoms with E-state index in [1.165, 1.54) is 11.3 Å². The lowest BCUT2D eigenvalue weighted by Crippen LogP contribution is -2.54. The Morgan fingerprint density at radius 2 is 2.00 bits per heavy atom. The van der Waals surface area contributed by atoms with Gasteiger partial charge < -0.3 is 20.0 Å². The zero-order valence-corrected chi connectivity index (χ0v) is 20.3. The summed E-state index contributed by atoms with van der Waals surface area (Å²) in [6, 6.07) is 12.6. The number of rotatable bonds is 3. The van der Waals surface area contributed by atoms with E-state index in [0.717, 1.165) is 60.2 Å². The first-order valence-electron chi connectivity index (χ1n) is 11.9. The second-order valence-electron chi connectivity index (χ2n) is 9.32. The van der Waals surface area contributed by atoms with E-state index in [0.29, 0.717) is 41.0 Å². The number of fused-ring (bicyclic) bond motifs is 2. The second-order valence-corrected chi connectivity index (χ2v) is 10.2. The number of hydrogen-bond acceptors (Lipinski definition) is 8. The molecule has 178 valence electrons. The molecule has 2 aliphatic heterocycles. The number of piperazine rings is 1. The molecule has 5 heterocycles. The minimum absolute atomic E-state index is 0.184. The molecule has 3 aromatic heterocycles. The van der Waals surface area contributed by atoms with Crippen LogP contribution in [-0.2, 0) is 4.79 Å². The topological polar surface area (TPSA) is 103 Å². The van der Waals surface area contributed by atoms with Gasteiger partial charge in [-0.3, -0.25) is 9.69 Å². The summed E-state index contributed by atoms with van der Waals surface area (Å²) in [6.07, 6.45) is 1.85. The van der Waals surface area contributed by atoms with Crippen molar-refractivity contribution in [2.24, 2.45) is 0 Å². The highest BCUT2D eigenvalue weighted by molar-refractivity contribution is 7.17. The van der Waals surface area contributed by atoms with Gasteiger partial charge in [0.2, 0.25) is 5.91 Å². The van der Waals surface area contributed by atoms with Crippen LogP contribution in [0.4, 0.5) is 11.5 Å². The van der Waals surface area contributed by atoms with Gasteiger partial charge in [0.1, 0.15) is 33.6 Å². The summed E-state index contributed by atoms with van der Waals surface area (Å²) >= 11 is 1.49. The van der Waals surface area contributed by atoms with E-state index in [4.69, 9.17) is 15.1 Å². The molecule has 0 radical (unpaired) electrons. The summed E-state index contributed by atoms with van der Waals surface area (Å²) in [4.78, 5) is 24.2. The minimum Gasteiger partial charge on any atom is -0.456 e. The number of benzene rings is 1. The third-order valence-corrected chi connectivity index (χ3v) is 8.17. The molecule has 35 heavy (non-hydrogen) atoms. The number of nitrogens with two attached hydrogens (primary N) is 1. The number of carbonyl (C=O) groups is 1. The molecule has 2 fully saturated rings. The molecule has 0 aliphatic carbocycles. The van der Waals surface area contributed by atoms with Crippen LogP contribution in [0.25, 0.3) is 32.5 Å². The Labute approximate surface area is 207 Å². The third-order valence-electron chi connectivity index (χ3n) is 7.28. The predicted molar refractivity (Wildman–Crippen MR) is 138 cm³/mol. The predicted octanol–water partition coefficient (Wildman–Crippen LogP) is 3.91. The Bertz CT molecular complexity index is 1440. The summed E-state index contributed by atoms with van der Waals surface area (Å²) in [5.74, 6) is 1.50. The lowest BCUT2D eigenvalue weighted by atomic mass is 9.99. The maximum Gasteiger partial charge on any atom is 0.236 e. The average molecular weight is 487 g/mol. The van der Waals surface area contributed by atoms with E-state index in [-0.39, 0.29) is 5.91 Å². The number of furan rings is 1. The highest BCUT2D eigenvalue weighted by atomic mass is 32.1. The first-order chi connectivity index (χ1) is 17.0. The molecule has 0 spiro atoms. The Morgan fingerprint density at radius 1 is 1.20 bits per heavy atom. The van der Waals surface area contributed by atoms with Crippen molar-refractivity contribution in [2.75, 3.05) is 50.4 Å². The van der Waals surface area contributed by atoms with Crippen molar-refractivity contribution >= 4 is 49.9 Å². The number of thiophene rings is 1. The van der Waals surface area contributed by atoms with Crippen molar-refractivity contribution in [3.63, 3.8) is 0 Å². The van der Waals surface area contributed by atoms with Gasteiger partial charge in [-0.2, -0.15) is 5.26 Å². The zero-order valence-electron chi connectivity index (χ0n) is 19.5. The molecule has 9 heteroatoms. The molecule has 0 saturated carbocycles. The lowest BCUT2D eigenvalue weighted by molar-refractivity contribution is -0.135. The number of pyridine rings is 1. The van der Waals surface area contributed by atoms with Gasteiger partial charge in [-0.1, -0.05) is 18.2 Å². The monoisotopic (exact) mass is 486 g/mol. The van der Waals surface area contributed by atoms with E-state index in [1.807, 2.05) is 42.8 Å².